The zero-order chi connectivity index (χ0) is 27.9. The lowest BCUT2D eigenvalue weighted by molar-refractivity contribution is 0.0598. The number of carbonyl (C=O) groups excluding carboxylic acids is 2. The highest BCUT2D eigenvalue weighted by atomic mass is 79.9. The van der Waals surface area contributed by atoms with Crippen LogP contribution in [0.25, 0.3) is 0 Å². The standard InChI is InChI=1S/C33H32BrN3O3/c1-2-40-30-18-17-26(34)23-28(30)32(38)35-29-16-10-9-15-27(29)33(39)37-21-19-36(20-22-37)31(24-11-5-3-6-12-24)25-13-7-4-8-14-25/h3-18,23,31H,2,19-22H2,1H3,(H,35,38). The van der Waals surface area contributed by atoms with Crippen molar-refractivity contribution in [3.63, 3.8) is 0 Å². The normalized spacial score (nSPS) is 13.7. The van der Waals surface area contributed by atoms with Gasteiger partial charge in [0.25, 0.3) is 11.8 Å². The summed E-state index contributed by atoms with van der Waals surface area (Å²) in [6.45, 7) is 4.99. The molecule has 0 radical (unpaired) electrons. The molecule has 0 aliphatic carbocycles. The van der Waals surface area contributed by atoms with Crippen molar-refractivity contribution < 1.29 is 14.3 Å². The van der Waals surface area contributed by atoms with Gasteiger partial charge in [0.2, 0.25) is 0 Å². The van der Waals surface area contributed by atoms with Gasteiger partial charge in [0.1, 0.15) is 5.75 Å². The first-order chi connectivity index (χ1) is 19.5. The molecule has 4 aromatic rings. The third kappa shape index (κ3) is 6.27. The van der Waals surface area contributed by atoms with E-state index in [1.165, 1.54) is 11.1 Å². The van der Waals surface area contributed by atoms with Gasteiger partial charge in [-0.3, -0.25) is 14.5 Å². The van der Waals surface area contributed by atoms with E-state index in [1.54, 1.807) is 24.3 Å². The van der Waals surface area contributed by atoms with Gasteiger partial charge in [-0.2, -0.15) is 0 Å². The Morgan fingerprint density at radius 3 is 2.02 bits per heavy atom. The first-order valence-corrected chi connectivity index (χ1v) is 14.3. The van der Waals surface area contributed by atoms with E-state index in [0.717, 1.165) is 17.6 Å². The van der Waals surface area contributed by atoms with Crippen molar-refractivity contribution >= 4 is 33.4 Å². The Kier molecular flexibility index (Phi) is 8.94. The van der Waals surface area contributed by atoms with Crippen LogP contribution in [-0.2, 0) is 0 Å². The van der Waals surface area contributed by atoms with Gasteiger partial charge < -0.3 is 15.0 Å². The highest BCUT2D eigenvalue weighted by molar-refractivity contribution is 9.10. The first-order valence-electron chi connectivity index (χ1n) is 13.5. The molecule has 1 N–H and O–H groups in total. The number of benzene rings is 4. The third-order valence-electron chi connectivity index (χ3n) is 7.09. The van der Waals surface area contributed by atoms with Gasteiger partial charge in [-0.1, -0.05) is 88.7 Å². The predicted molar refractivity (Wildman–Crippen MR) is 162 cm³/mol. The number of nitrogens with one attached hydrogen (secondary N) is 1. The Labute approximate surface area is 243 Å². The largest absolute Gasteiger partial charge is 0.493 e. The number of carbonyl (C=O) groups is 2. The molecule has 0 spiro atoms. The number of hydrogen-bond donors (Lipinski definition) is 1. The molecule has 5 rings (SSSR count). The van der Waals surface area contributed by atoms with E-state index in [-0.39, 0.29) is 17.9 Å². The van der Waals surface area contributed by atoms with Crippen LogP contribution in [0.4, 0.5) is 5.69 Å². The number of halogens is 1. The predicted octanol–water partition coefficient (Wildman–Crippen LogP) is 6.65. The maximum Gasteiger partial charge on any atom is 0.259 e. The van der Waals surface area contributed by atoms with Crippen LogP contribution in [0, 0.1) is 0 Å². The van der Waals surface area contributed by atoms with Crippen molar-refractivity contribution in [3.8, 4) is 5.75 Å². The topological polar surface area (TPSA) is 61.9 Å². The molecule has 6 nitrogen and oxygen atoms in total. The van der Waals surface area contributed by atoms with Crippen LogP contribution in [0.5, 0.6) is 5.75 Å². The average molecular weight is 599 g/mol. The molecule has 1 aliphatic heterocycles. The van der Waals surface area contributed by atoms with E-state index < -0.39 is 0 Å². The lowest BCUT2D eigenvalue weighted by Gasteiger charge is -2.40. The smallest absolute Gasteiger partial charge is 0.259 e. The molecule has 1 saturated heterocycles. The number of piperazine rings is 1. The van der Waals surface area contributed by atoms with Crippen molar-refractivity contribution in [3.05, 3.63) is 130 Å². The van der Waals surface area contributed by atoms with Crippen molar-refractivity contribution in [1.29, 1.82) is 0 Å². The molecule has 2 amide bonds. The second kappa shape index (κ2) is 12.9. The summed E-state index contributed by atoms with van der Waals surface area (Å²) in [5.41, 5.74) is 3.83. The fraction of sp³-hybridized carbons (Fsp3) is 0.212. The van der Waals surface area contributed by atoms with Crippen LogP contribution < -0.4 is 10.1 Å². The SMILES string of the molecule is CCOc1ccc(Br)cc1C(=O)Nc1ccccc1C(=O)N1CCN(C(c2ccccc2)c2ccccc2)CC1. The second-order valence-electron chi connectivity index (χ2n) is 9.63. The van der Waals surface area contributed by atoms with E-state index in [9.17, 15) is 9.59 Å². The molecule has 1 aliphatic rings. The first kappa shape index (κ1) is 27.6. The molecule has 0 unspecified atom stereocenters. The summed E-state index contributed by atoms with van der Waals surface area (Å²) in [5, 5.41) is 2.95. The molecule has 0 saturated carbocycles. The maximum atomic E-state index is 13.7. The third-order valence-corrected chi connectivity index (χ3v) is 7.58. The summed E-state index contributed by atoms with van der Waals surface area (Å²) >= 11 is 3.44. The van der Waals surface area contributed by atoms with Gasteiger partial charge >= 0.3 is 0 Å². The van der Waals surface area contributed by atoms with Gasteiger partial charge in [0.05, 0.1) is 29.5 Å². The molecular formula is C33H32BrN3O3. The number of ether oxygens (including phenoxy) is 1. The van der Waals surface area contributed by atoms with Crippen molar-refractivity contribution in [2.24, 2.45) is 0 Å². The number of nitrogens with zero attached hydrogens (tertiary/aromatic N) is 2. The van der Waals surface area contributed by atoms with Gasteiger partial charge in [-0.25, -0.2) is 0 Å². The Hall–Kier alpha value is -3.94. The number of hydrogen-bond acceptors (Lipinski definition) is 4. The minimum absolute atomic E-state index is 0.0919. The molecule has 0 bridgehead atoms. The molecule has 0 atom stereocenters. The zero-order valence-corrected chi connectivity index (χ0v) is 24.0. The lowest BCUT2D eigenvalue weighted by Crippen LogP contribution is -2.50. The number of anilines is 1. The Morgan fingerprint density at radius 2 is 1.40 bits per heavy atom. The molecule has 40 heavy (non-hydrogen) atoms. The Balaban J connectivity index is 1.31. The minimum Gasteiger partial charge on any atom is -0.493 e. The van der Waals surface area contributed by atoms with Crippen LogP contribution in [0.15, 0.2) is 108 Å². The average Bonchev–Trinajstić information content (AvgIpc) is 3.00. The molecule has 4 aromatic carbocycles. The van der Waals surface area contributed by atoms with Crippen molar-refractivity contribution in [1.82, 2.24) is 9.80 Å². The Morgan fingerprint density at radius 1 is 0.800 bits per heavy atom. The van der Waals surface area contributed by atoms with Crippen LogP contribution in [0.3, 0.4) is 0 Å². The molecule has 1 heterocycles. The van der Waals surface area contributed by atoms with Crippen LogP contribution in [-0.4, -0.2) is 54.4 Å². The minimum atomic E-state index is -0.330. The highest BCUT2D eigenvalue weighted by Crippen LogP contribution is 2.30. The summed E-state index contributed by atoms with van der Waals surface area (Å²) in [6, 6.07) is 33.6. The van der Waals surface area contributed by atoms with Crippen LogP contribution in [0.1, 0.15) is 44.8 Å². The van der Waals surface area contributed by atoms with Gasteiger partial charge in [0.15, 0.2) is 0 Å². The van der Waals surface area contributed by atoms with Crippen LogP contribution in [0.2, 0.25) is 0 Å². The van der Waals surface area contributed by atoms with E-state index in [2.05, 4.69) is 74.7 Å². The summed E-state index contributed by atoms with van der Waals surface area (Å²) in [6.07, 6.45) is 0. The fourth-order valence-corrected chi connectivity index (χ4v) is 5.53. The quantitative estimate of drug-likeness (QED) is 0.247. The monoisotopic (exact) mass is 597 g/mol. The molecule has 204 valence electrons. The van der Waals surface area contributed by atoms with Gasteiger partial charge in [0, 0.05) is 30.7 Å². The van der Waals surface area contributed by atoms with E-state index >= 15 is 0 Å². The molecule has 7 heteroatoms. The summed E-state index contributed by atoms with van der Waals surface area (Å²) in [7, 11) is 0. The Bertz CT molecular complexity index is 1420. The van der Waals surface area contributed by atoms with E-state index in [4.69, 9.17) is 4.74 Å². The second-order valence-corrected chi connectivity index (χ2v) is 10.5. The molecular weight excluding hydrogens is 566 g/mol. The zero-order valence-electron chi connectivity index (χ0n) is 22.4. The van der Waals surface area contributed by atoms with Gasteiger partial charge in [-0.05, 0) is 48.4 Å². The molecule has 1 fully saturated rings. The van der Waals surface area contributed by atoms with E-state index in [1.807, 2.05) is 42.2 Å². The maximum absolute atomic E-state index is 13.7. The van der Waals surface area contributed by atoms with Crippen molar-refractivity contribution in [2.45, 2.75) is 13.0 Å². The van der Waals surface area contributed by atoms with Crippen LogP contribution >= 0.6 is 15.9 Å². The summed E-state index contributed by atoms with van der Waals surface area (Å²) < 4.78 is 6.43. The number of rotatable bonds is 8. The lowest BCUT2D eigenvalue weighted by atomic mass is 9.96. The number of para-hydroxylation sites is 1. The fourth-order valence-electron chi connectivity index (χ4n) is 5.17. The number of amides is 2. The van der Waals surface area contributed by atoms with E-state index in [0.29, 0.717) is 42.3 Å². The van der Waals surface area contributed by atoms with Crippen molar-refractivity contribution in [2.75, 3.05) is 38.1 Å². The van der Waals surface area contributed by atoms with Gasteiger partial charge in [-0.15, -0.1) is 0 Å². The highest BCUT2D eigenvalue weighted by Gasteiger charge is 2.29. The summed E-state index contributed by atoms with van der Waals surface area (Å²) in [4.78, 5) is 31.3. The summed E-state index contributed by atoms with van der Waals surface area (Å²) in [5.74, 6) is 0.0729. The molecule has 0 aromatic heterocycles.